The van der Waals surface area contributed by atoms with Crippen molar-refractivity contribution >= 4 is 17.2 Å². The predicted molar refractivity (Wildman–Crippen MR) is 63.6 cm³/mol. The molecule has 1 aromatic carbocycles. The van der Waals surface area contributed by atoms with Gasteiger partial charge in [-0.2, -0.15) is 8.42 Å². The van der Waals surface area contributed by atoms with E-state index in [1.54, 1.807) is 24.3 Å². The second kappa shape index (κ2) is 15.5. The van der Waals surface area contributed by atoms with Crippen molar-refractivity contribution in [1.29, 1.82) is 0 Å². The van der Waals surface area contributed by atoms with Crippen molar-refractivity contribution in [3.05, 3.63) is 30.3 Å². The fourth-order valence-corrected chi connectivity index (χ4v) is 0.428. The smallest absolute Gasteiger partial charge is 0.394 e. The monoisotopic (exact) mass is 284 g/mol. The number of carbonyl (C=O) groups excluding carboxylic acids is 1. The molecule has 1 aromatic rings. The van der Waals surface area contributed by atoms with Crippen molar-refractivity contribution in [1.82, 2.24) is 0 Å². The van der Waals surface area contributed by atoms with Crippen molar-refractivity contribution in [2.24, 2.45) is 0 Å². The molecule has 0 atom stereocenters. The number of rotatable bonds is 1. The molecular weight excluding hydrogens is 268 g/mol. The molecule has 0 fully saturated rings. The minimum absolute atomic E-state index is 0.125. The Kier molecular flexibility index (Phi) is 18.7. The molecule has 0 aliphatic rings. The molecule has 1 rings (SSSR count). The van der Waals surface area contributed by atoms with Crippen LogP contribution in [0.4, 0.5) is 0 Å². The topological polar surface area (TPSA) is 152 Å². The van der Waals surface area contributed by atoms with Gasteiger partial charge in [-0.1, -0.05) is 18.2 Å². The van der Waals surface area contributed by atoms with E-state index >= 15 is 0 Å². The number of para-hydroxylation sites is 1. The van der Waals surface area contributed by atoms with Gasteiger partial charge >= 0.3 is 10.4 Å². The first-order chi connectivity index (χ1) is 8.31. The summed E-state index contributed by atoms with van der Waals surface area (Å²) in [6.07, 6.45) is 0. The molecule has 106 valence electrons. The lowest BCUT2D eigenvalue weighted by Gasteiger charge is -1.82. The van der Waals surface area contributed by atoms with Gasteiger partial charge < -0.3 is 20.1 Å². The highest BCUT2D eigenvalue weighted by Gasteiger charge is 1.84. The van der Waals surface area contributed by atoms with Crippen LogP contribution in [0, 0.1) is 0 Å². The number of hydrogen-bond donors (Lipinski definition) is 5. The second-order valence-electron chi connectivity index (χ2n) is 2.23. The molecule has 0 aliphatic carbocycles. The van der Waals surface area contributed by atoms with Crippen LogP contribution in [0.3, 0.4) is 0 Å². The summed E-state index contributed by atoms with van der Waals surface area (Å²) in [7, 11) is -4.67. The summed E-state index contributed by atoms with van der Waals surface area (Å²) in [5, 5.41) is 23.9. The highest BCUT2D eigenvalue weighted by molar-refractivity contribution is 7.79. The maximum Gasteiger partial charge on any atom is 0.394 e. The van der Waals surface area contributed by atoms with Gasteiger partial charge in [0.2, 0.25) is 0 Å². The van der Waals surface area contributed by atoms with Crippen LogP contribution in [-0.4, -0.2) is 52.8 Å². The lowest BCUT2D eigenvalue weighted by molar-refractivity contribution is -0.0980. The van der Waals surface area contributed by atoms with Crippen LogP contribution in [0.25, 0.3) is 0 Å². The van der Waals surface area contributed by atoms with E-state index in [-0.39, 0.29) is 13.2 Å². The van der Waals surface area contributed by atoms with Crippen LogP contribution in [0.15, 0.2) is 30.3 Å². The number of aromatic hydroxyl groups is 1. The SMILES string of the molecule is C=O.O=S(=O)(O)O.OCCO.Oc1ccccc1. The Hall–Kier alpha value is -1.52. The number of aliphatic hydroxyl groups excluding tert-OH is 2. The Balaban J connectivity index is -0.000000183. The van der Waals surface area contributed by atoms with E-state index in [2.05, 4.69) is 0 Å². The number of phenols is 1. The summed E-state index contributed by atoms with van der Waals surface area (Å²) in [4.78, 5) is 8.00. The van der Waals surface area contributed by atoms with Gasteiger partial charge in [-0.3, -0.25) is 9.11 Å². The molecule has 18 heavy (non-hydrogen) atoms. The Morgan fingerprint density at radius 3 is 1.33 bits per heavy atom. The first-order valence-corrected chi connectivity index (χ1v) is 5.65. The molecule has 0 radical (unpaired) electrons. The van der Waals surface area contributed by atoms with Crippen molar-refractivity contribution in [2.75, 3.05) is 13.2 Å². The number of carbonyl (C=O) groups is 1. The molecule has 0 aliphatic heterocycles. The summed E-state index contributed by atoms with van der Waals surface area (Å²) in [5.41, 5.74) is 0. The largest absolute Gasteiger partial charge is 0.508 e. The molecule has 9 heteroatoms. The molecule has 5 N–H and O–H groups in total. The standard InChI is InChI=1S/C6H6O.C2H6O2.CH2O.H2O4S/c7-6-4-2-1-3-5-6;3-1-2-4;1-2;1-5(2,3)4/h1-5,7H;3-4H,1-2H2;1H2;(H2,1,2,3,4). The van der Waals surface area contributed by atoms with Crippen LogP contribution in [0.1, 0.15) is 0 Å². The molecule has 0 amide bonds. The fourth-order valence-electron chi connectivity index (χ4n) is 0.428. The quantitative estimate of drug-likeness (QED) is 0.434. The van der Waals surface area contributed by atoms with Crippen LogP contribution in [0.2, 0.25) is 0 Å². The maximum absolute atomic E-state index is 8.74. The molecule has 0 bridgehead atoms. The minimum atomic E-state index is -4.67. The third kappa shape index (κ3) is 47.0. The zero-order chi connectivity index (χ0) is 15.0. The Morgan fingerprint density at radius 2 is 1.22 bits per heavy atom. The molecule has 0 spiro atoms. The number of benzene rings is 1. The lowest BCUT2D eigenvalue weighted by Crippen LogP contribution is -1.89. The van der Waals surface area contributed by atoms with Gasteiger partial charge in [0.05, 0.1) is 13.2 Å². The summed E-state index contributed by atoms with van der Waals surface area (Å²) in [5.74, 6) is 0.322. The Bertz CT molecular complexity index is 340. The third-order valence-corrected chi connectivity index (χ3v) is 0.856. The van der Waals surface area contributed by atoms with E-state index in [0.717, 1.165) is 0 Å². The number of phenolic OH excluding ortho intramolecular Hbond substituents is 1. The maximum atomic E-state index is 8.74. The normalized spacial score (nSPS) is 8.44. The Labute approximate surface area is 105 Å². The van der Waals surface area contributed by atoms with Crippen molar-refractivity contribution < 1.29 is 37.6 Å². The van der Waals surface area contributed by atoms with Crippen LogP contribution < -0.4 is 0 Å². The fraction of sp³-hybridized carbons (Fsp3) is 0.222. The van der Waals surface area contributed by atoms with Crippen molar-refractivity contribution in [3.63, 3.8) is 0 Å². The third-order valence-electron chi connectivity index (χ3n) is 0.856. The molecule has 8 nitrogen and oxygen atoms in total. The minimum Gasteiger partial charge on any atom is -0.508 e. The summed E-state index contributed by atoms with van der Waals surface area (Å²) in [6, 6.07) is 8.71. The molecule has 0 saturated heterocycles. The Morgan fingerprint density at radius 1 is 0.944 bits per heavy atom. The van der Waals surface area contributed by atoms with Gasteiger partial charge in [0.15, 0.2) is 0 Å². The van der Waals surface area contributed by atoms with E-state index in [9.17, 15) is 0 Å². The van der Waals surface area contributed by atoms with E-state index < -0.39 is 10.4 Å². The van der Waals surface area contributed by atoms with Gasteiger partial charge in [-0.25, -0.2) is 0 Å². The van der Waals surface area contributed by atoms with Gasteiger partial charge in [0.25, 0.3) is 0 Å². The predicted octanol–water partition coefficient (Wildman–Crippen LogP) is -0.474. The van der Waals surface area contributed by atoms with Crippen molar-refractivity contribution in [3.8, 4) is 5.75 Å². The van der Waals surface area contributed by atoms with Gasteiger partial charge in [-0.15, -0.1) is 0 Å². The first-order valence-electron chi connectivity index (χ1n) is 4.25. The van der Waals surface area contributed by atoms with E-state index in [1.165, 1.54) is 0 Å². The van der Waals surface area contributed by atoms with Crippen LogP contribution in [-0.2, 0) is 15.2 Å². The molecule has 0 saturated carbocycles. The zero-order valence-electron chi connectivity index (χ0n) is 9.38. The number of hydrogen-bond acceptors (Lipinski definition) is 6. The van der Waals surface area contributed by atoms with E-state index in [0.29, 0.717) is 5.75 Å². The summed E-state index contributed by atoms with van der Waals surface area (Å²) < 4.78 is 31.6. The average Bonchev–Trinajstić information content (AvgIpc) is 2.31. The molecular formula is C9H16O8S. The molecule has 0 unspecified atom stereocenters. The van der Waals surface area contributed by atoms with Crippen molar-refractivity contribution in [2.45, 2.75) is 0 Å². The first kappa shape index (κ1) is 21.7. The van der Waals surface area contributed by atoms with E-state index in [1.807, 2.05) is 12.9 Å². The summed E-state index contributed by atoms with van der Waals surface area (Å²) in [6.45, 7) is 1.75. The molecule has 0 aromatic heterocycles. The van der Waals surface area contributed by atoms with Crippen LogP contribution in [0.5, 0.6) is 5.75 Å². The van der Waals surface area contributed by atoms with Crippen LogP contribution >= 0.6 is 0 Å². The van der Waals surface area contributed by atoms with Gasteiger partial charge in [0, 0.05) is 0 Å². The summed E-state index contributed by atoms with van der Waals surface area (Å²) >= 11 is 0. The van der Waals surface area contributed by atoms with Gasteiger partial charge in [0.1, 0.15) is 12.5 Å². The van der Waals surface area contributed by atoms with Gasteiger partial charge in [-0.05, 0) is 12.1 Å². The lowest BCUT2D eigenvalue weighted by atomic mass is 10.3. The highest BCUT2D eigenvalue weighted by Crippen LogP contribution is 2.02. The number of aliphatic hydroxyl groups is 2. The van der Waals surface area contributed by atoms with E-state index in [4.69, 9.17) is 37.6 Å². The second-order valence-corrected chi connectivity index (χ2v) is 3.13. The molecule has 0 heterocycles. The highest BCUT2D eigenvalue weighted by atomic mass is 32.3. The zero-order valence-corrected chi connectivity index (χ0v) is 10.2. The average molecular weight is 284 g/mol.